The van der Waals surface area contributed by atoms with Crippen molar-refractivity contribution in [3.8, 4) is 11.3 Å². The van der Waals surface area contributed by atoms with Gasteiger partial charge in [-0.1, -0.05) is 36.4 Å². The molecule has 3 heterocycles. The zero-order valence-corrected chi connectivity index (χ0v) is 19.2. The fourth-order valence-corrected chi connectivity index (χ4v) is 4.74. The highest BCUT2D eigenvalue weighted by molar-refractivity contribution is 6.07. The van der Waals surface area contributed by atoms with Crippen LogP contribution in [0.3, 0.4) is 0 Å². The van der Waals surface area contributed by atoms with Crippen LogP contribution in [-0.4, -0.2) is 35.4 Å². The lowest BCUT2D eigenvalue weighted by Crippen LogP contribution is -2.28. The molecule has 172 valence electrons. The molecule has 0 spiro atoms. The molecule has 2 amide bonds. The van der Waals surface area contributed by atoms with Crippen molar-refractivity contribution in [1.29, 1.82) is 0 Å². The summed E-state index contributed by atoms with van der Waals surface area (Å²) in [5.74, 6) is 0.428. The van der Waals surface area contributed by atoms with Crippen molar-refractivity contribution in [2.75, 3.05) is 28.7 Å². The molecule has 1 aromatic heterocycles. The Morgan fingerprint density at radius 3 is 2.49 bits per heavy atom. The summed E-state index contributed by atoms with van der Waals surface area (Å²) in [5, 5.41) is 3.23. The van der Waals surface area contributed by atoms with Crippen LogP contribution in [0.1, 0.15) is 21.5 Å². The van der Waals surface area contributed by atoms with Crippen molar-refractivity contribution in [2.24, 2.45) is 0 Å². The van der Waals surface area contributed by atoms with E-state index in [-0.39, 0.29) is 18.2 Å². The largest absolute Gasteiger partial charge is 0.324 e. The van der Waals surface area contributed by atoms with Crippen molar-refractivity contribution >= 4 is 34.8 Å². The van der Waals surface area contributed by atoms with E-state index in [1.807, 2.05) is 71.6 Å². The second-order valence-electron chi connectivity index (χ2n) is 8.75. The van der Waals surface area contributed by atoms with Gasteiger partial charge in [-0.15, -0.1) is 0 Å². The van der Waals surface area contributed by atoms with Crippen LogP contribution in [0.25, 0.3) is 11.3 Å². The number of nitrogens with zero attached hydrogens (tertiary/aromatic N) is 4. The first kappa shape index (κ1) is 21.0. The van der Waals surface area contributed by atoms with Gasteiger partial charge in [-0.25, -0.2) is 9.97 Å². The topological polar surface area (TPSA) is 78.4 Å². The fourth-order valence-electron chi connectivity index (χ4n) is 4.74. The van der Waals surface area contributed by atoms with Gasteiger partial charge in [-0.05, 0) is 48.4 Å². The van der Waals surface area contributed by atoms with E-state index in [4.69, 9.17) is 4.98 Å². The maximum absolute atomic E-state index is 13.1. The molecule has 7 nitrogen and oxygen atoms in total. The molecular weight excluding hydrogens is 438 g/mol. The number of hydrogen-bond donors (Lipinski definition) is 1. The number of carbonyl (C=O) groups excluding carboxylic acids is 2. The quantitative estimate of drug-likeness (QED) is 0.482. The summed E-state index contributed by atoms with van der Waals surface area (Å²) in [5.41, 5.74) is 6.86. The average molecular weight is 462 g/mol. The molecule has 3 aromatic carbocycles. The zero-order chi connectivity index (χ0) is 23.9. The molecule has 6 rings (SSSR count). The highest BCUT2D eigenvalue weighted by Crippen LogP contribution is 2.35. The van der Waals surface area contributed by atoms with E-state index in [9.17, 15) is 9.59 Å². The first-order chi connectivity index (χ1) is 17.1. The number of nitrogens with one attached hydrogen (secondary N) is 1. The molecule has 35 heavy (non-hydrogen) atoms. The first-order valence-corrected chi connectivity index (χ1v) is 11.6. The van der Waals surface area contributed by atoms with E-state index in [0.717, 1.165) is 40.3 Å². The maximum Gasteiger partial charge on any atom is 0.258 e. The smallest absolute Gasteiger partial charge is 0.258 e. The van der Waals surface area contributed by atoms with Gasteiger partial charge in [0.1, 0.15) is 0 Å². The minimum absolute atomic E-state index is 0.00129. The summed E-state index contributed by atoms with van der Waals surface area (Å²) in [6.45, 7) is 0.695. The lowest BCUT2D eigenvalue weighted by Gasteiger charge is -2.17. The van der Waals surface area contributed by atoms with Gasteiger partial charge in [0.15, 0.2) is 0 Å². The number of rotatable bonds is 3. The third-order valence-electron chi connectivity index (χ3n) is 6.62. The van der Waals surface area contributed by atoms with E-state index in [1.54, 1.807) is 18.1 Å². The van der Waals surface area contributed by atoms with Crippen LogP contribution in [0.4, 0.5) is 23.0 Å². The molecule has 2 aliphatic rings. The molecule has 1 N–H and O–H groups in total. The van der Waals surface area contributed by atoms with Gasteiger partial charge in [-0.3, -0.25) is 9.59 Å². The molecule has 7 heteroatoms. The van der Waals surface area contributed by atoms with Gasteiger partial charge >= 0.3 is 0 Å². The molecule has 0 bridgehead atoms. The van der Waals surface area contributed by atoms with Crippen molar-refractivity contribution in [1.82, 2.24) is 9.97 Å². The molecule has 0 saturated carbocycles. The highest BCUT2D eigenvalue weighted by atomic mass is 16.2. The first-order valence-electron chi connectivity index (χ1n) is 11.6. The second-order valence-corrected chi connectivity index (χ2v) is 8.75. The van der Waals surface area contributed by atoms with Gasteiger partial charge in [-0.2, -0.15) is 0 Å². The van der Waals surface area contributed by atoms with E-state index >= 15 is 0 Å². The monoisotopic (exact) mass is 461 g/mol. The lowest BCUT2D eigenvalue weighted by molar-refractivity contribution is -0.117. The molecule has 2 aliphatic heterocycles. The zero-order valence-electron chi connectivity index (χ0n) is 19.2. The Hall–Kier alpha value is -4.52. The Labute approximate surface area is 203 Å². The van der Waals surface area contributed by atoms with Crippen molar-refractivity contribution < 1.29 is 9.59 Å². The van der Waals surface area contributed by atoms with Crippen LogP contribution < -0.4 is 15.1 Å². The van der Waals surface area contributed by atoms with E-state index in [1.165, 1.54) is 5.56 Å². The lowest BCUT2D eigenvalue weighted by atomic mass is 10.1. The van der Waals surface area contributed by atoms with E-state index < -0.39 is 0 Å². The number of fused-ring (bicyclic) bond motifs is 4. The summed E-state index contributed by atoms with van der Waals surface area (Å²) in [7, 11) is 1.78. The number of anilines is 4. The molecule has 4 aromatic rings. The van der Waals surface area contributed by atoms with E-state index in [2.05, 4.69) is 16.4 Å². The number of benzene rings is 3. The second kappa shape index (κ2) is 8.36. The van der Waals surface area contributed by atoms with Crippen molar-refractivity contribution in [3.05, 3.63) is 95.7 Å². The predicted molar refractivity (Wildman–Crippen MR) is 136 cm³/mol. The number of aromatic nitrogens is 2. The number of amides is 2. The molecule has 0 aliphatic carbocycles. The molecular formula is C28H23N5O2. The fraction of sp³-hybridized carbons (Fsp3) is 0.143. The Bertz CT molecular complexity index is 1460. The minimum atomic E-state index is -0.00632. The van der Waals surface area contributed by atoms with Gasteiger partial charge in [0.25, 0.3) is 5.91 Å². The van der Waals surface area contributed by atoms with Crippen LogP contribution in [0, 0.1) is 0 Å². The normalized spacial score (nSPS) is 14.1. The summed E-state index contributed by atoms with van der Waals surface area (Å²) >= 11 is 0. The Morgan fingerprint density at radius 2 is 1.66 bits per heavy atom. The Morgan fingerprint density at radius 1 is 0.914 bits per heavy atom. The Kier molecular flexibility index (Phi) is 5.03. The third kappa shape index (κ3) is 3.71. The summed E-state index contributed by atoms with van der Waals surface area (Å²) in [4.78, 5) is 38.4. The number of likely N-dealkylation sites (N-methyl/N-ethyl adjacent to an activating group) is 1. The SMILES string of the molecule is CN1C(=O)Cc2cnc(Nc3ccc(C(=O)N4CCc5ccccc54)cc3)nc2-c2ccccc21. The predicted octanol–water partition coefficient (Wildman–Crippen LogP) is 4.61. The minimum Gasteiger partial charge on any atom is -0.324 e. The maximum atomic E-state index is 13.1. The number of para-hydroxylation sites is 2. The number of hydrogen-bond acceptors (Lipinski definition) is 5. The summed E-state index contributed by atoms with van der Waals surface area (Å²) < 4.78 is 0. The standard InChI is InChI=1S/C28H23N5O2/c1-32-24-9-5-3-7-22(24)26-20(16-25(32)34)17-29-28(31-26)30-21-12-10-19(11-13-21)27(35)33-15-14-18-6-2-4-8-23(18)33/h2-13,17H,14-16H2,1H3,(H,29,30,31). The summed E-state index contributed by atoms with van der Waals surface area (Å²) in [6.07, 6.45) is 2.83. The van der Waals surface area contributed by atoms with Crippen molar-refractivity contribution in [2.45, 2.75) is 12.8 Å². The average Bonchev–Trinajstić information content (AvgIpc) is 3.29. The van der Waals surface area contributed by atoms with E-state index in [0.29, 0.717) is 18.1 Å². The van der Waals surface area contributed by atoms with Crippen molar-refractivity contribution in [3.63, 3.8) is 0 Å². The van der Waals surface area contributed by atoms with Crippen LogP contribution in [-0.2, 0) is 17.6 Å². The van der Waals surface area contributed by atoms with Gasteiger partial charge in [0, 0.05) is 47.9 Å². The third-order valence-corrected chi connectivity index (χ3v) is 6.62. The van der Waals surface area contributed by atoms with Crippen LogP contribution in [0.5, 0.6) is 0 Å². The molecule has 0 fully saturated rings. The summed E-state index contributed by atoms with van der Waals surface area (Å²) in [6, 6.07) is 23.1. The molecule has 0 saturated heterocycles. The molecule has 0 atom stereocenters. The molecule has 0 unspecified atom stereocenters. The molecule has 0 radical (unpaired) electrons. The van der Waals surface area contributed by atoms with Gasteiger partial charge in [0.2, 0.25) is 11.9 Å². The van der Waals surface area contributed by atoms with Crippen LogP contribution >= 0.6 is 0 Å². The van der Waals surface area contributed by atoms with Crippen LogP contribution in [0.2, 0.25) is 0 Å². The Balaban J connectivity index is 1.25. The highest BCUT2D eigenvalue weighted by Gasteiger charge is 2.26. The number of carbonyl (C=O) groups is 2. The van der Waals surface area contributed by atoms with Gasteiger partial charge < -0.3 is 15.1 Å². The van der Waals surface area contributed by atoms with Crippen LogP contribution in [0.15, 0.2) is 79.0 Å². The van der Waals surface area contributed by atoms with Gasteiger partial charge in [0.05, 0.1) is 17.8 Å².